The standard InChI is InChI=1S/C14H19ClN2O3/c1-9(2)12(8-18)17-13(19)7-16-14(20)10-3-5-11(15)6-4-10/h3-6,9,12,18H,7-8H2,1-2H3,(H,16,20)(H,17,19). The summed E-state index contributed by atoms with van der Waals surface area (Å²) < 4.78 is 0. The number of aliphatic hydroxyl groups is 1. The van der Waals surface area contributed by atoms with E-state index in [-0.39, 0.29) is 36.9 Å². The SMILES string of the molecule is CC(C)C(CO)NC(=O)CNC(=O)c1ccc(Cl)cc1. The highest BCUT2D eigenvalue weighted by molar-refractivity contribution is 6.30. The maximum Gasteiger partial charge on any atom is 0.251 e. The van der Waals surface area contributed by atoms with Crippen LogP contribution in [0.1, 0.15) is 24.2 Å². The predicted octanol–water partition coefficient (Wildman–Crippen LogP) is 1.20. The molecule has 110 valence electrons. The van der Waals surface area contributed by atoms with E-state index in [0.29, 0.717) is 10.6 Å². The van der Waals surface area contributed by atoms with Crippen LogP contribution in [0.25, 0.3) is 0 Å². The van der Waals surface area contributed by atoms with Gasteiger partial charge in [-0.15, -0.1) is 0 Å². The Labute approximate surface area is 123 Å². The molecule has 0 aromatic heterocycles. The van der Waals surface area contributed by atoms with Gasteiger partial charge in [-0.25, -0.2) is 0 Å². The molecule has 0 aliphatic carbocycles. The first-order valence-corrected chi connectivity index (χ1v) is 6.75. The molecule has 2 amide bonds. The number of carbonyl (C=O) groups excluding carboxylic acids is 2. The summed E-state index contributed by atoms with van der Waals surface area (Å²) >= 11 is 5.73. The van der Waals surface area contributed by atoms with E-state index < -0.39 is 0 Å². The molecule has 0 saturated carbocycles. The lowest BCUT2D eigenvalue weighted by atomic mass is 10.1. The lowest BCUT2D eigenvalue weighted by Gasteiger charge is -2.19. The molecular weight excluding hydrogens is 280 g/mol. The molecule has 1 rings (SSSR count). The number of aliphatic hydroxyl groups excluding tert-OH is 1. The highest BCUT2D eigenvalue weighted by Crippen LogP contribution is 2.09. The number of rotatable bonds is 6. The van der Waals surface area contributed by atoms with E-state index in [0.717, 1.165) is 0 Å². The summed E-state index contributed by atoms with van der Waals surface area (Å²) in [6.45, 7) is 3.53. The van der Waals surface area contributed by atoms with Gasteiger partial charge in [-0.1, -0.05) is 25.4 Å². The van der Waals surface area contributed by atoms with Gasteiger partial charge in [0, 0.05) is 10.6 Å². The Morgan fingerprint density at radius 1 is 1.25 bits per heavy atom. The Morgan fingerprint density at radius 3 is 2.35 bits per heavy atom. The van der Waals surface area contributed by atoms with Gasteiger partial charge in [0.05, 0.1) is 19.2 Å². The van der Waals surface area contributed by atoms with E-state index in [9.17, 15) is 9.59 Å². The van der Waals surface area contributed by atoms with Crippen LogP contribution in [0.2, 0.25) is 5.02 Å². The molecule has 0 radical (unpaired) electrons. The van der Waals surface area contributed by atoms with Crippen molar-refractivity contribution < 1.29 is 14.7 Å². The monoisotopic (exact) mass is 298 g/mol. The van der Waals surface area contributed by atoms with Crippen LogP contribution in [0.4, 0.5) is 0 Å². The van der Waals surface area contributed by atoms with Gasteiger partial charge in [-0.3, -0.25) is 9.59 Å². The minimum absolute atomic E-state index is 0.121. The summed E-state index contributed by atoms with van der Waals surface area (Å²) in [5.74, 6) is -0.558. The van der Waals surface area contributed by atoms with Crippen LogP contribution < -0.4 is 10.6 Å². The lowest BCUT2D eigenvalue weighted by Crippen LogP contribution is -2.45. The van der Waals surface area contributed by atoms with Crippen molar-refractivity contribution in [3.05, 3.63) is 34.9 Å². The van der Waals surface area contributed by atoms with Gasteiger partial charge in [0.1, 0.15) is 0 Å². The topological polar surface area (TPSA) is 78.4 Å². The first-order chi connectivity index (χ1) is 9.43. The van der Waals surface area contributed by atoms with Crippen LogP contribution >= 0.6 is 11.6 Å². The van der Waals surface area contributed by atoms with Gasteiger partial charge >= 0.3 is 0 Å². The average molecular weight is 299 g/mol. The van der Waals surface area contributed by atoms with Crippen molar-refractivity contribution in [1.29, 1.82) is 0 Å². The van der Waals surface area contributed by atoms with Gasteiger partial charge in [0.2, 0.25) is 5.91 Å². The van der Waals surface area contributed by atoms with Crippen molar-refractivity contribution in [1.82, 2.24) is 10.6 Å². The summed E-state index contributed by atoms with van der Waals surface area (Å²) in [5, 5.41) is 14.8. The molecule has 0 spiro atoms. The number of benzene rings is 1. The van der Waals surface area contributed by atoms with Gasteiger partial charge in [-0.05, 0) is 30.2 Å². The average Bonchev–Trinajstić information content (AvgIpc) is 2.42. The molecule has 0 fully saturated rings. The highest BCUT2D eigenvalue weighted by atomic mass is 35.5. The van der Waals surface area contributed by atoms with Crippen molar-refractivity contribution in [2.24, 2.45) is 5.92 Å². The molecule has 1 aromatic carbocycles. The van der Waals surface area contributed by atoms with Crippen LogP contribution in [0, 0.1) is 5.92 Å². The van der Waals surface area contributed by atoms with Crippen LogP contribution in [-0.4, -0.2) is 36.1 Å². The first kappa shape index (κ1) is 16.5. The molecule has 1 aromatic rings. The summed E-state index contributed by atoms with van der Waals surface area (Å²) in [5.41, 5.74) is 0.435. The zero-order valence-electron chi connectivity index (χ0n) is 11.5. The molecule has 0 aliphatic rings. The summed E-state index contributed by atoms with van der Waals surface area (Å²) in [7, 11) is 0. The van der Waals surface area contributed by atoms with E-state index in [1.807, 2.05) is 13.8 Å². The fourth-order valence-corrected chi connectivity index (χ4v) is 1.67. The molecule has 0 aliphatic heterocycles. The zero-order chi connectivity index (χ0) is 15.1. The molecule has 0 bridgehead atoms. The molecule has 0 heterocycles. The number of halogens is 1. The van der Waals surface area contributed by atoms with Crippen LogP contribution in [-0.2, 0) is 4.79 Å². The maximum atomic E-state index is 11.8. The largest absolute Gasteiger partial charge is 0.394 e. The van der Waals surface area contributed by atoms with E-state index in [4.69, 9.17) is 16.7 Å². The minimum atomic E-state index is -0.345. The van der Waals surface area contributed by atoms with Gasteiger partial charge < -0.3 is 15.7 Å². The fourth-order valence-electron chi connectivity index (χ4n) is 1.54. The Morgan fingerprint density at radius 2 is 1.85 bits per heavy atom. The molecule has 5 nitrogen and oxygen atoms in total. The van der Waals surface area contributed by atoms with Gasteiger partial charge in [-0.2, -0.15) is 0 Å². The Kier molecular flexibility index (Phi) is 6.48. The third kappa shape index (κ3) is 5.19. The maximum absolute atomic E-state index is 11.8. The number of hydrogen-bond donors (Lipinski definition) is 3. The normalized spacial score (nSPS) is 12.1. The second kappa shape index (κ2) is 7.87. The van der Waals surface area contributed by atoms with Crippen molar-refractivity contribution in [3.8, 4) is 0 Å². The van der Waals surface area contributed by atoms with E-state index >= 15 is 0 Å². The fraction of sp³-hybridized carbons (Fsp3) is 0.429. The third-order valence-electron chi connectivity index (χ3n) is 2.86. The van der Waals surface area contributed by atoms with E-state index in [1.165, 1.54) is 0 Å². The Balaban J connectivity index is 2.44. The molecule has 0 saturated heterocycles. The third-order valence-corrected chi connectivity index (χ3v) is 3.12. The van der Waals surface area contributed by atoms with Gasteiger partial charge in [0.25, 0.3) is 5.91 Å². The van der Waals surface area contributed by atoms with Crippen molar-refractivity contribution >= 4 is 23.4 Å². The molecule has 1 unspecified atom stereocenters. The van der Waals surface area contributed by atoms with Crippen LogP contribution in [0.5, 0.6) is 0 Å². The number of nitrogens with one attached hydrogen (secondary N) is 2. The zero-order valence-corrected chi connectivity index (χ0v) is 12.3. The quantitative estimate of drug-likeness (QED) is 0.738. The molecule has 1 atom stereocenters. The Bertz CT molecular complexity index is 460. The summed E-state index contributed by atoms with van der Waals surface area (Å²) in [4.78, 5) is 23.4. The van der Waals surface area contributed by atoms with Gasteiger partial charge in [0.15, 0.2) is 0 Å². The highest BCUT2D eigenvalue weighted by Gasteiger charge is 2.15. The number of carbonyl (C=O) groups is 2. The molecule has 6 heteroatoms. The predicted molar refractivity (Wildman–Crippen MR) is 77.6 cm³/mol. The first-order valence-electron chi connectivity index (χ1n) is 6.38. The molecular formula is C14H19ClN2O3. The second-order valence-corrected chi connectivity index (χ2v) is 5.23. The van der Waals surface area contributed by atoms with Crippen LogP contribution in [0.3, 0.4) is 0 Å². The smallest absolute Gasteiger partial charge is 0.251 e. The Hall–Kier alpha value is -1.59. The van der Waals surface area contributed by atoms with Crippen molar-refractivity contribution in [3.63, 3.8) is 0 Å². The van der Waals surface area contributed by atoms with Crippen molar-refractivity contribution in [2.45, 2.75) is 19.9 Å². The lowest BCUT2D eigenvalue weighted by molar-refractivity contribution is -0.121. The van der Waals surface area contributed by atoms with Crippen LogP contribution in [0.15, 0.2) is 24.3 Å². The number of amides is 2. The van der Waals surface area contributed by atoms with Crippen molar-refractivity contribution in [2.75, 3.05) is 13.2 Å². The summed E-state index contributed by atoms with van der Waals surface area (Å²) in [6.07, 6.45) is 0. The summed E-state index contributed by atoms with van der Waals surface area (Å²) in [6, 6.07) is 6.07. The van der Waals surface area contributed by atoms with E-state index in [1.54, 1.807) is 24.3 Å². The second-order valence-electron chi connectivity index (χ2n) is 4.79. The van der Waals surface area contributed by atoms with E-state index in [2.05, 4.69) is 10.6 Å². The molecule has 3 N–H and O–H groups in total. The minimum Gasteiger partial charge on any atom is -0.394 e. The molecule has 20 heavy (non-hydrogen) atoms. The number of hydrogen-bond acceptors (Lipinski definition) is 3.